The normalized spacial score (nSPS) is 12.2. The number of hydrogen-bond donors (Lipinski definition) is 2. The molecule has 0 aliphatic rings. The topological polar surface area (TPSA) is 41.1 Å². The van der Waals surface area contributed by atoms with Gasteiger partial charge in [-0.15, -0.1) is 0 Å². The van der Waals surface area contributed by atoms with Crippen molar-refractivity contribution in [1.82, 2.24) is 5.32 Å². The van der Waals surface area contributed by atoms with Gasteiger partial charge in [0.25, 0.3) is 0 Å². The second-order valence-corrected chi connectivity index (χ2v) is 4.34. The molecule has 0 aliphatic heterocycles. The highest BCUT2D eigenvalue weighted by molar-refractivity contribution is 6.31. The zero-order valence-corrected chi connectivity index (χ0v) is 10.6. The standard InChI is InChI=1S/C12H17ClN2O/c1-8-4-5-10(13)6-11(8)15-12(16)9(2)7-14-3/h4-6,9,14H,7H2,1-3H3,(H,15,16). The van der Waals surface area contributed by atoms with Gasteiger partial charge < -0.3 is 10.6 Å². The minimum absolute atomic E-state index is 0.000262. The molecule has 1 rings (SSSR count). The second kappa shape index (κ2) is 5.87. The molecule has 0 radical (unpaired) electrons. The van der Waals surface area contributed by atoms with Gasteiger partial charge >= 0.3 is 0 Å². The van der Waals surface area contributed by atoms with Crippen molar-refractivity contribution in [3.63, 3.8) is 0 Å². The van der Waals surface area contributed by atoms with Crippen LogP contribution < -0.4 is 10.6 Å². The van der Waals surface area contributed by atoms with Crippen LogP contribution in [0.3, 0.4) is 0 Å². The minimum atomic E-state index is -0.0663. The van der Waals surface area contributed by atoms with Crippen LogP contribution in [0.5, 0.6) is 0 Å². The van der Waals surface area contributed by atoms with E-state index in [0.29, 0.717) is 11.6 Å². The maximum atomic E-state index is 11.8. The molecule has 1 amide bonds. The summed E-state index contributed by atoms with van der Waals surface area (Å²) in [5.74, 6) is -0.0666. The summed E-state index contributed by atoms with van der Waals surface area (Å²) in [4.78, 5) is 11.8. The van der Waals surface area contributed by atoms with Gasteiger partial charge in [0.05, 0.1) is 0 Å². The Hall–Kier alpha value is -1.06. The highest BCUT2D eigenvalue weighted by Crippen LogP contribution is 2.20. The summed E-state index contributed by atoms with van der Waals surface area (Å²) in [5, 5.41) is 6.47. The average molecular weight is 241 g/mol. The van der Waals surface area contributed by atoms with Gasteiger partial charge in [-0.25, -0.2) is 0 Å². The lowest BCUT2D eigenvalue weighted by molar-refractivity contribution is -0.119. The van der Waals surface area contributed by atoms with Crippen LogP contribution in [0.1, 0.15) is 12.5 Å². The van der Waals surface area contributed by atoms with Crippen molar-refractivity contribution in [3.05, 3.63) is 28.8 Å². The molecule has 0 saturated heterocycles. The second-order valence-electron chi connectivity index (χ2n) is 3.91. The fourth-order valence-electron chi connectivity index (χ4n) is 1.38. The first-order valence-corrected chi connectivity index (χ1v) is 5.64. The molecule has 1 unspecified atom stereocenters. The number of anilines is 1. The van der Waals surface area contributed by atoms with E-state index in [4.69, 9.17) is 11.6 Å². The molecule has 3 nitrogen and oxygen atoms in total. The monoisotopic (exact) mass is 240 g/mol. The molecule has 0 spiro atoms. The highest BCUT2D eigenvalue weighted by atomic mass is 35.5. The van der Waals surface area contributed by atoms with E-state index in [1.807, 2.05) is 33.0 Å². The molecular weight excluding hydrogens is 224 g/mol. The summed E-state index contributed by atoms with van der Waals surface area (Å²) in [6, 6.07) is 5.46. The number of rotatable bonds is 4. The van der Waals surface area contributed by atoms with E-state index in [9.17, 15) is 4.79 Å². The fourth-order valence-corrected chi connectivity index (χ4v) is 1.56. The van der Waals surface area contributed by atoms with Gasteiger partial charge in [-0.1, -0.05) is 24.6 Å². The fraction of sp³-hybridized carbons (Fsp3) is 0.417. The molecule has 0 aromatic heterocycles. The van der Waals surface area contributed by atoms with Crippen LogP contribution in [0, 0.1) is 12.8 Å². The van der Waals surface area contributed by atoms with Crippen LogP contribution in [0.4, 0.5) is 5.69 Å². The van der Waals surface area contributed by atoms with Crippen molar-refractivity contribution >= 4 is 23.2 Å². The summed E-state index contributed by atoms with van der Waals surface area (Å²) in [6.45, 7) is 4.48. The maximum absolute atomic E-state index is 11.8. The first-order valence-electron chi connectivity index (χ1n) is 5.26. The molecule has 2 N–H and O–H groups in total. The number of halogens is 1. The Balaban J connectivity index is 2.72. The van der Waals surface area contributed by atoms with E-state index in [-0.39, 0.29) is 11.8 Å². The molecule has 0 saturated carbocycles. The van der Waals surface area contributed by atoms with Crippen molar-refractivity contribution in [2.24, 2.45) is 5.92 Å². The molecule has 0 fully saturated rings. The average Bonchev–Trinajstić information content (AvgIpc) is 2.23. The first kappa shape index (κ1) is 13.0. The summed E-state index contributed by atoms with van der Waals surface area (Å²) in [6.07, 6.45) is 0. The lowest BCUT2D eigenvalue weighted by Gasteiger charge is -2.13. The van der Waals surface area contributed by atoms with Gasteiger partial charge in [0.15, 0.2) is 0 Å². The molecule has 1 aromatic rings. The Labute approximate surface area is 101 Å². The predicted molar refractivity (Wildman–Crippen MR) is 67.9 cm³/mol. The summed E-state index contributed by atoms with van der Waals surface area (Å²) in [7, 11) is 1.83. The van der Waals surface area contributed by atoms with E-state index < -0.39 is 0 Å². The van der Waals surface area contributed by atoms with Crippen LogP contribution in [0.15, 0.2) is 18.2 Å². The van der Waals surface area contributed by atoms with E-state index in [2.05, 4.69) is 10.6 Å². The SMILES string of the molecule is CNCC(C)C(=O)Nc1cc(Cl)ccc1C. The Morgan fingerprint density at radius 1 is 1.50 bits per heavy atom. The van der Waals surface area contributed by atoms with Crippen LogP contribution in [0.2, 0.25) is 5.02 Å². The molecule has 0 aliphatic carbocycles. The molecule has 1 aromatic carbocycles. The van der Waals surface area contributed by atoms with Gasteiger partial charge in [0.1, 0.15) is 0 Å². The van der Waals surface area contributed by atoms with Crippen LogP contribution in [-0.2, 0) is 4.79 Å². The smallest absolute Gasteiger partial charge is 0.228 e. The maximum Gasteiger partial charge on any atom is 0.228 e. The van der Waals surface area contributed by atoms with Crippen molar-refractivity contribution in [3.8, 4) is 0 Å². The Morgan fingerprint density at radius 3 is 2.81 bits per heavy atom. The zero-order chi connectivity index (χ0) is 12.1. The quantitative estimate of drug-likeness (QED) is 0.849. The van der Waals surface area contributed by atoms with Gasteiger partial charge in [0, 0.05) is 23.2 Å². The van der Waals surface area contributed by atoms with Crippen molar-refractivity contribution < 1.29 is 4.79 Å². The minimum Gasteiger partial charge on any atom is -0.326 e. The van der Waals surface area contributed by atoms with Crippen molar-refractivity contribution in [2.75, 3.05) is 18.9 Å². The summed E-state index contributed by atoms with van der Waals surface area (Å²) >= 11 is 5.88. The van der Waals surface area contributed by atoms with Gasteiger partial charge in [-0.05, 0) is 31.7 Å². The van der Waals surface area contributed by atoms with Crippen LogP contribution in [0.25, 0.3) is 0 Å². The van der Waals surface area contributed by atoms with E-state index in [1.165, 1.54) is 0 Å². The van der Waals surface area contributed by atoms with E-state index in [1.54, 1.807) is 6.07 Å². The molecule has 1 atom stereocenters. The van der Waals surface area contributed by atoms with Crippen LogP contribution >= 0.6 is 11.6 Å². The highest BCUT2D eigenvalue weighted by Gasteiger charge is 2.12. The molecule has 4 heteroatoms. The molecular formula is C12H17ClN2O. The molecule has 16 heavy (non-hydrogen) atoms. The zero-order valence-electron chi connectivity index (χ0n) is 9.80. The number of aryl methyl sites for hydroxylation is 1. The number of carbonyl (C=O) groups excluding carboxylic acids is 1. The molecule has 88 valence electrons. The van der Waals surface area contributed by atoms with Crippen molar-refractivity contribution in [1.29, 1.82) is 0 Å². The Morgan fingerprint density at radius 2 is 2.19 bits per heavy atom. The number of hydrogen-bond acceptors (Lipinski definition) is 2. The van der Waals surface area contributed by atoms with E-state index >= 15 is 0 Å². The summed E-state index contributed by atoms with van der Waals surface area (Å²) in [5.41, 5.74) is 1.79. The molecule has 0 heterocycles. The van der Waals surface area contributed by atoms with Crippen molar-refractivity contribution in [2.45, 2.75) is 13.8 Å². The van der Waals surface area contributed by atoms with E-state index in [0.717, 1.165) is 11.3 Å². The van der Waals surface area contributed by atoms with Gasteiger partial charge in [-0.3, -0.25) is 4.79 Å². The van der Waals surface area contributed by atoms with Gasteiger partial charge in [0.2, 0.25) is 5.91 Å². The lowest BCUT2D eigenvalue weighted by Crippen LogP contribution is -2.28. The summed E-state index contributed by atoms with van der Waals surface area (Å²) < 4.78 is 0. The third-order valence-electron chi connectivity index (χ3n) is 2.42. The Bertz CT molecular complexity index is 379. The first-order chi connectivity index (χ1) is 7.54. The van der Waals surface area contributed by atoms with Crippen LogP contribution in [-0.4, -0.2) is 19.5 Å². The predicted octanol–water partition coefficient (Wildman–Crippen LogP) is 2.44. The molecule has 0 bridgehead atoms. The third kappa shape index (κ3) is 3.51. The van der Waals surface area contributed by atoms with Gasteiger partial charge in [-0.2, -0.15) is 0 Å². The number of amides is 1. The largest absolute Gasteiger partial charge is 0.326 e. The third-order valence-corrected chi connectivity index (χ3v) is 2.65. The lowest BCUT2D eigenvalue weighted by atomic mass is 10.1. The number of nitrogens with one attached hydrogen (secondary N) is 2. The number of benzene rings is 1. The number of carbonyl (C=O) groups is 1. The Kier molecular flexibility index (Phi) is 4.77.